The molecule has 8 heteroatoms. The number of halogens is 2. The van der Waals surface area contributed by atoms with Crippen LogP contribution in [-0.4, -0.2) is 52.2 Å². The molecule has 158 valence electrons. The average Bonchev–Trinajstić information content (AvgIpc) is 2.91. The lowest BCUT2D eigenvalue weighted by atomic mass is 9.92. The Bertz CT molecular complexity index is 863. The van der Waals surface area contributed by atoms with E-state index >= 15 is 0 Å². The summed E-state index contributed by atoms with van der Waals surface area (Å²) in [6.07, 6.45) is 3.27. The molecule has 0 N–H and O–H groups in total. The third kappa shape index (κ3) is 5.87. The van der Waals surface area contributed by atoms with Crippen molar-refractivity contribution in [3.63, 3.8) is 0 Å². The van der Waals surface area contributed by atoms with Crippen molar-refractivity contribution in [2.45, 2.75) is 51.9 Å². The molecule has 0 spiro atoms. The minimum absolute atomic E-state index is 0.107. The summed E-state index contributed by atoms with van der Waals surface area (Å²) < 4.78 is 13.6. The van der Waals surface area contributed by atoms with Gasteiger partial charge in [0.25, 0.3) is 0 Å². The van der Waals surface area contributed by atoms with Gasteiger partial charge in [-0.25, -0.2) is 4.79 Å². The van der Waals surface area contributed by atoms with Gasteiger partial charge in [0.15, 0.2) is 0 Å². The fraction of sp³-hybridized carbons (Fsp3) is 0.524. The molecule has 1 aliphatic heterocycles. The van der Waals surface area contributed by atoms with Gasteiger partial charge in [-0.1, -0.05) is 29.3 Å². The van der Waals surface area contributed by atoms with E-state index in [1.54, 1.807) is 11.0 Å². The molecule has 1 amide bonds. The predicted octanol–water partition coefficient (Wildman–Crippen LogP) is 4.92. The Kier molecular flexibility index (Phi) is 6.76. The van der Waals surface area contributed by atoms with Gasteiger partial charge in [0.05, 0.1) is 35.5 Å². The summed E-state index contributed by atoms with van der Waals surface area (Å²) in [6, 6.07) is 5.55. The van der Waals surface area contributed by atoms with E-state index in [0.29, 0.717) is 36.3 Å². The number of ether oxygens (including phenoxy) is 2. The molecule has 1 aliphatic rings. The van der Waals surface area contributed by atoms with Crippen LogP contribution in [0.4, 0.5) is 4.79 Å². The van der Waals surface area contributed by atoms with E-state index in [4.69, 9.17) is 32.7 Å². The lowest BCUT2D eigenvalue weighted by Gasteiger charge is -2.30. The number of rotatable bonds is 3. The number of carbonyl (C=O) groups excluding carboxylic acids is 1. The molecular formula is C21H27Cl2N3O3. The molecule has 0 bridgehead atoms. The number of hydrogen-bond acceptors (Lipinski definition) is 4. The number of amides is 1. The lowest BCUT2D eigenvalue weighted by Crippen LogP contribution is -2.40. The zero-order chi connectivity index (χ0) is 21.2. The first kappa shape index (κ1) is 21.9. The van der Waals surface area contributed by atoms with Gasteiger partial charge in [-0.3, -0.25) is 4.68 Å². The van der Waals surface area contributed by atoms with Crippen LogP contribution in [0.5, 0.6) is 0 Å². The average molecular weight is 440 g/mol. The maximum Gasteiger partial charge on any atom is 0.410 e. The van der Waals surface area contributed by atoms with Crippen LogP contribution in [0.25, 0.3) is 0 Å². The normalized spacial score (nSPS) is 20.4. The molecule has 1 saturated heterocycles. The van der Waals surface area contributed by atoms with Crippen molar-refractivity contribution in [1.82, 2.24) is 14.7 Å². The molecule has 0 aliphatic carbocycles. The van der Waals surface area contributed by atoms with Crippen LogP contribution >= 0.6 is 23.2 Å². The molecule has 1 fully saturated rings. The zero-order valence-electron chi connectivity index (χ0n) is 17.2. The maximum absolute atomic E-state index is 12.7. The Balaban J connectivity index is 1.88. The van der Waals surface area contributed by atoms with E-state index in [9.17, 15) is 4.79 Å². The van der Waals surface area contributed by atoms with Gasteiger partial charge in [-0.05, 0) is 51.0 Å². The van der Waals surface area contributed by atoms with Gasteiger partial charge in [0.1, 0.15) is 5.60 Å². The van der Waals surface area contributed by atoms with Crippen LogP contribution in [0.1, 0.15) is 37.8 Å². The summed E-state index contributed by atoms with van der Waals surface area (Å²) in [6.45, 7) is 9.48. The van der Waals surface area contributed by atoms with Crippen LogP contribution in [0.2, 0.25) is 10.0 Å². The fourth-order valence-electron chi connectivity index (χ4n) is 3.36. The van der Waals surface area contributed by atoms with Crippen LogP contribution in [-0.2, 0) is 16.0 Å². The number of hydrogen-bond donors (Lipinski definition) is 0. The molecule has 1 aromatic heterocycles. The Morgan fingerprint density at radius 1 is 1.31 bits per heavy atom. The number of aryl methyl sites for hydroxylation is 1. The Hall–Kier alpha value is -1.76. The van der Waals surface area contributed by atoms with Crippen LogP contribution < -0.4 is 0 Å². The molecule has 0 saturated carbocycles. The number of aromatic nitrogens is 2. The van der Waals surface area contributed by atoms with Gasteiger partial charge in [0, 0.05) is 25.2 Å². The smallest absolute Gasteiger partial charge is 0.410 e. The molecular weight excluding hydrogens is 413 g/mol. The second-order valence-electron chi connectivity index (χ2n) is 8.36. The lowest BCUT2D eigenvalue weighted by molar-refractivity contribution is 0.0221. The van der Waals surface area contributed by atoms with Crippen molar-refractivity contribution in [3.8, 4) is 0 Å². The first-order valence-electron chi connectivity index (χ1n) is 9.66. The third-order valence-corrected chi connectivity index (χ3v) is 5.45. The summed E-state index contributed by atoms with van der Waals surface area (Å²) in [5, 5.41) is 5.36. The van der Waals surface area contributed by atoms with E-state index in [0.717, 1.165) is 11.1 Å². The van der Waals surface area contributed by atoms with Crippen molar-refractivity contribution in [3.05, 3.63) is 51.8 Å². The fourth-order valence-corrected chi connectivity index (χ4v) is 3.67. The van der Waals surface area contributed by atoms with Crippen molar-refractivity contribution < 1.29 is 14.3 Å². The van der Waals surface area contributed by atoms with E-state index in [1.807, 2.05) is 56.9 Å². The zero-order valence-corrected chi connectivity index (χ0v) is 18.7. The molecule has 2 heterocycles. The molecule has 3 rings (SSSR count). The largest absolute Gasteiger partial charge is 0.444 e. The minimum Gasteiger partial charge on any atom is -0.444 e. The SMILES string of the molecule is Cc1cnn(CC2OCCN(C(=O)OC(C)(C)C)CC2c2ccc(Cl)c(Cl)c2)c1. The molecule has 2 unspecified atom stereocenters. The van der Waals surface area contributed by atoms with Gasteiger partial charge >= 0.3 is 6.09 Å². The van der Waals surface area contributed by atoms with Crippen molar-refractivity contribution in [2.24, 2.45) is 0 Å². The summed E-state index contributed by atoms with van der Waals surface area (Å²) >= 11 is 12.4. The summed E-state index contributed by atoms with van der Waals surface area (Å²) in [4.78, 5) is 14.4. The highest BCUT2D eigenvalue weighted by Gasteiger charge is 2.33. The highest BCUT2D eigenvalue weighted by Crippen LogP contribution is 2.32. The van der Waals surface area contributed by atoms with Crippen molar-refractivity contribution in [2.75, 3.05) is 19.7 Å². The number of benzene rings is 1. The predicted molar refractivity (Wildman–Crippen MR) is 114 cm³/mol. The Morgan fingerprint density at radius 3 is 2.69 bits per heavy atom. The van der Waals surface area contributed by atoms with E-state index in [2.05, 4.69) is 5.10 Å². The monoisotopic (exact) mass is 439 g/mol. The third-order valence-electron chi connectivity index (χ3n) is 4.71. The van der Waals surface area contributed by atoms with Gasteiger partial charge in [0.2, 0.25) is 0 Å². The van der Waals surface area contributed by atoms with Crippen LogP contribution in [0.3, 0.4) is 0 Å². The van der Waals surface area contributed by atoms with Crippen LogP contribution in [0.15, 0.2) is 30.6 Å². The highest BCUT2D eigenvalue weighted by molar-refractivity contribution is 6.42. The standard InChI is InChI=1S/C21H27Cl2N3O3/c1-14-10-24-26(11-14)13-19-16(15-5-6-17(22)18(23)9-15)12-25(7-8-28-19)20(27)29-21(2,3)4/h5-6,9-11,16,19H,7-8,12-13H2,1-4H3. The maximum atomic E-state index is 12.7. The molecule has 29 heavy (non-hydrogen) atoms. The first-order chi connectivity index (χ1) is 13.6. The van der Waals surface area contributed by atoms with E-state index in [-0.39, 0.29) is 18.1 Å². The Morgan fingerprint density at radius 2 is 2.07 bits per heavy atom. The second kappa shape index (κ2) is 8.94. The summed E-state index contributed by atoms with van der Waals surface area (Å²) in [7, 11) is 0. The quantitative estimate of drug-likeness (QED) is 0.680. The topological polar surface area (TPSA) is 56.6 Å². The van der Waals surface area contributed by atoms with Gasteiger partial charge in [-0.2, -0.15) is 5.10 Å². The minimum atomic E-state index is -0.560. The molecule has 2 aromatic rings. The molecule has 0 radical (unpaired) electrons. The molecule has 2 atom stereocenters. The first-order valence-corrected chi connectivity index (χ1v) is 10.4. The molecule has 6 nitrogen and oxygen atoms in total. The van der Waals surface area contributed by atoms with E-state index < -0.39 is 5.60 Å². The van der Waals surface area contributed by atoms with Gasteiger partial charge < -0.3 is 14.4 Å². The number of carbonyl (C=O) groups is 1. The highest BCUT2D eigenvalue weighted by atomic mass is 35.5. The van der Waals surface area contributed by atoms with Gasteiger partial charge in [-0.15, -0.1) is 0 Å². The van der Waals surface area contributed by atoms with E-state index in [1.165, 1.54) is 0 Å². The summed E-state index contributed by atoms with van der Waals surface area (Å²) in [5.41, 5.74) is 1.49. The number of nitrogens with zero attached hydrogens (tertiary/aromatic N) is 3. The second-order valence-corrected chi connectivity index (χ2v) is 9.17. The van der Waals surface area contributed by atoms with Crippen LogP contribution in [0, 0.1) is 6.92 Å². The van der Waals surface area contributed by atoms with Crippen molar-refractivity contribution >= 4 is 29.3 Å². The molecule has 1 aromatic carbocycles. The summed E-state index contributed by atoms with van der Waals surface area (Å²) in [5.74, 6) is -0.107. The Labute approximate surface area is 181 Å². The van der Waals surface area contributed by atoms with Crippen molar-refractivity contribution in [1.29, 1.82) is 0 Å².